The summed E-state index contributed by atoms with van der Waals surface area (Å²) < 4.78 is 26.8. The molecule has 3 aromatic carbocycles. The minimum absolute atomic E-state index is 0.126. The van der Waals surface area contributed by atoms with Crippen molar-refractivity contribution >= 4 is 5.97 Å². The van der Waals surface area contributed by atoms with Gasteiger partial charge in [0.2, 0.25) is 0 Å². The standard InChI is InChI=1S/C34H37FO4/c1-33(2)14-5-7-28(33)26-16-21(8-12-25(26)27-17-23(38-3)11-13-31(27)35)20-39-24-10-9-22-6-4-15-34(29(22)18-24)19-30(34)32(36)37/h8-13,16-18,28,30H,4-7,14-15,19-20H2,1-3H3,(H,36,37)/t28-,30?,34?/m1/s1. The summed E-state index contributed by atoms with van der Waals surface area (Å²) >= 11 is 0. The van der Waals surface area contributed by atoms with Crippen LogP contribution in [-0.4, -0.2) is 18.2 Å². The lowest BCUT2D eigenvalue weighted by atomic mass is 9.75. The third-order valence-corrected chi connectivity index (χ3v) is 9.68. The second kappa shape index (κ2) is 9.69. The predicted molar refractivity (Wildman–Crippen MR) is 150 cm³/mol. The van der Waals surface area contributed by atoms with E-state index in [1.807, 2.05) is 18.2 Å². The Balaban J connectivity index is 1.31. The van der Waals surface area contributed by atoms with E-state index in [0.717, 1.165) is 72.9 Å². The number of aryl methyl sites for hydroxylation is 1. The van der Waals surface area contributed by atoms with Gasteiger partial charge in [0, 0.05) is 11.0 Å². The fourth-order valence-corrected chi connectivity index (χ4v) is 7.40. The van der Waals surface area contributed by atoms with Gasteiger partial charge in [0.25, 0.3) is 0 Å². The molecule has 2 saturated carbocycles. The van der Waals surface area contributed by atoms with E-state index in [-0.39, 0.29) is 22.6 Å². The highest BCUT2D eigenvalue weighted by molar-refractivity contribution is 5.78. The maximum atomic E-state index is 15.1. The molecule has 3 aliphatic carbocycles. The van der Waals surface area contributed by atoms with Crippen molar-refractivity contribution in [3.05, 3.63) is 82.7 Å². The highest BCUT2D eigenvalue weighted by Crippen LogP contribution is 2.61. The second-order valence-corrected chi connectivity index (χ2v) is 12.4. The molecular weight excluding hydrogens is 491 g/mol. The number of ether oxygens (including phenoxy) is 2. The van der Waals surface area contributed by atoms with Gasteiger partial charge < -0.3 is 14.6 Å². The van der Waals surface area contributed by atoms with Gasteiger partial charge >= 0.3 is 5.97 Å². The van der Waals surface area contributed by atoms with Crippen molar-refractivity contribution in [1.82, 2.24) is 0 Å². The van der Waals surface area contributed by atoms with Crippen LogP contribution < -0.4 is 9.47 Å². The Morgan fingerprint density at radius 2 is 1.82 bits per heavy atom. The lowest BCUT2D eigenvalue weighted by Gasteiger charge is -2.30. The monoisotopic (exact) mass is 528 g/mol. The Hall–Kier alpha value is -3.34. The first-order chi connectivity index (χ1) is 18.7. The molecule has 6 rings (SSSR count). The van der Waals surface area contributed by atoms with Crippen molar-refractivity contribution < 1.29 is 23.8 Å². The van der Waals surface area contributed by atoms with Gasteiger partial charge in [-0.05, 0) is 108 Å². The minimum Gasteiger partial charge on any atom is -0.497 e. The molecule has 0 amide bonds. The van der Waals surface area contributed by atoms with Gasteiger partial charge in [-0.25, -0.2) is 4.39 Å². The zero-order valence-corrected chi connectivity index (χ0v) is 23.1. The van der Waals surface area contributed by atoms with Crippen molar-refractivity contribution in [3.8, 4) is 22.6 Å². The van der Waals surface area contributed by atoms with Crippen LogP contribution in [0.1, 0.15) is 80.5 Å². The van der Waals surface area contributed by atoms with Gasteiger partial charge in [-0.1, -0.05) is 44.5 Å². The number of carboxylic acids is 1. The first-order valence-electron chi connectivity index (χ1n) is 14.2. The Labute approximate surface area is 230 Å². The van der Waals surface area contributed by atoms with Crippen LogP contribution in [-0.2, 0) is 23.2 Å². The predicted octanol–water partition coefficient (Wildman–Crippen LogP) is 8.05. The maximum absolute atomic E-state index is 15.1. The number of carboxylic acid groups (broad SMARTS) is 1. The summed E-state index contributed by atoms with van der Waals surface area (Å²) in [5.41, 5.74) is 6.02. The smallest absolute Gasteiger partial charge is 0.307 e. The molecule has 0 heterocycles. The van der Waals surface area contributed by atoms with E-state index in [4.69, 9.17) is 9.47 Å². The van der Waals surface area contributed by atoms with Gasteiger partial charge in [-0.15, -0.1) is 0 Å². The first-order valence-corrected chi connectivity index (χ1v) is 14.2. The summed E-state index contributed by atoms with van der Waals surface area (Å²) in [6.07, 6.45) is 7.07. The average molecular weight is 529 g/mol. The molecule has 0 bridgehead atoms. The number of hydrogen-bond acceptors (Lipinski definition) is 3. The summed E-state index contributed by atoms with van der Waals surface area (Å²) in [5, 5.41) is 9.66. The van der Waals surface area contributed by atoms with Crippen LogP contribution in [0, 0.1) is 17.2 Å². The van der Waals surface area contributed by atoms with Crippen molar-refractivity contribution in [2.45, 2.75) is 76.7 Å². The number of hydrogen-bond donors (Lipinski definition) is 1. The van der Waals surface area contributed by atoms with Crippen LogP contribution in [0.3, 0.4) is 0 Å². The van der Waals surface area contributed by atoms with Gasteiger partial charge in [0.1, 0.15) is 23.9 Å². The van der Waals surface area contributed by atoms with Crippen molar-refractivity contribution in [2.24, 2.45) is 11.3 Å². The molecule has 4 nitrogen and oxygen atoms in total. The minimum atomic E-state index is -0.691. The quantitative estimate of drug-likeness (QED) is 0.337. The van der Waals surface area contributed by atoms with E-state index in [0.29, 0.717) is 23.8 Å². The van der Waals surface area contributed by atoms with Gasteiger partial charge in [-0.2, -0.15) is 0 Å². The number of benzene rings is 3. The molecule has 39 heavy (non-hydrogen) atoms. The third kappa shape index (κ3) is 4.60. The molecule has 2 unspecified atom stereocenters. The van der Waals surface area contributed by atoms with Crippen LogP contribution in [0.25, 0.3) is 11.1 Å². The number of halogens is 1. The van der Waals surface area contributed by atoms with E-state index in [2.05, 4.69) is 32.0 Å². The summed E-state index contributed by atoms with van der Waals surface area (Å²) in [6, 6.07) is 17.4. The average Bonchev–Trinajstić information content (AvgIpc) is 3.54. The maximum Gasteiger partial charge on any atom is 0.307 e. The largest absolute Gasteiger partial charge is 0.497 e. The number of rotatable bonds is 7. The summed E-state index contributed by atoms with van der Waals surface area (Å²) in [6.45, 7) is 5.02. The summed E-state index contributed by atoms with van der Waals surface area (Å²) in [7, 11) is 1.60. The molecule has 0 aliphatic heterocycles. The van der Waals surface area contributed by atoms with E-state index in [1.165, 1.54) is 11.6 Å². The van der Waals surface area contributed by atoms with Crippen LogP contribution >= 0.6 is 0 Å². The number of fused-ring (bicyclic) bond motifs is 2. The SMILES string of the molecule is COc1ccc(F)c(-c2ccc(COc3ccc4c(c3)C3(CCC4)CC3C(=O)O)cc2[C@H]2CCCC2(C)C)c1. The van der Waals surface area contributed by atoms with Crippen LogP contribution in [0.4, 0.5) is 4.39 Å². The molecule has 1 N–H and O–H groups in total. The molecule has 0 aromatic heterocycles. The Kier molecular flexibility index (Phi) is 6.44. The summed E-state index contributed by atoms with van der Waals surface area (Å²) in [4.78, 5) is 11.8. The van der Waals surface area contributed by atoms with Crippen LogP contribution in [0.15, 0.2) is 54.6 Å². The van der Waals surface area contributed by atoms with Crippen LogP contribution in [0.2, 0.25) is 0 Å². The first kappa shape index (κ1) is 25.9. The normalized spacial score (nSPS) is 24.8. The van der Waals surface area contributed by atoms with Crippen molar-refractivity contribution in [1.29, 1.82) is 0 Å². The lowest BCUT2D eigenvalue weighted by Crippen LogP contribution is -2.21. The fourth-order valence-electron chi connectivity index (χ4n) is 7.40. The van der Waals surface area contributed by atoms with Gasteiger partial charge in [0.05, 0.1) is 13.0 Å². The Bertz CT molecular complexity index is 1430. The van der Waals surface area contributed by atoms with E-state index in [1.54, 1.807) is 19.2 Å². The molecule has 3 atom stereocenters. The number of aliphatic carboxylic acids is 1. The molecule has 0 saturated heterocycles. The Morgan fingerprint density at radius 1 is 1.00 bits per heavy atom. The fraction of sp³-hybridized carbons (Fsp3) is 0.441. The van der Waals surface area contributed by atoms with E-state index in [9.17, 15) is 9.90 Å². The molecule has 2 fully saturated rings. The molecule has 3 aromatic rings. The second-order valence-electron chi connectivity index (χ2n) is 12.4. The lowest BCUT2D eigenvalue weighted by molar-refractivity contribution is -0.139. The van der Waals surface area contributed by atoms with Crippen molar-refractivity contribution in [2.75, 3.05) is 7.11 Å². The molecule has 5 heteroatoms. The molecule has 1 spiro atoms. The third-order valence-electron chi connectivity index (χ3n) is 9.68. The molecular formula is C34H37FO4. The topological polar surface area (TPSA) is 55.8 Å². The zero-order valence-electron chi connectivity index (χ0n) is 23.1. The van der Waals surface area contributed by atoms with Crippen molar-refractivity contribution in [3.63, 3.8) is 0 Å². The molecule has 0 radical (unpaired) electrons. The summed E-state index contributed by atoms with van der Waals surface area (Å²) in [5.74, 6) is 0.514. The van der Waals surface area contributed by atoms with Gasteiger partial charge in [-0.3, -0.25) is 4.79 Å². The highest BCUT2D eigenvalue weighted by atomic mass is 19.1. The highest BCUT2D eigenvalue weighted by Gasteiger charge is 2.60. The number of methoxy groups -OCH3 is 1. The Morgan fingerprint density at radius 3 is 2.54 bits per heavy atom. The van der Waals surface area contributed by atoms with Crippen LogP contribution in [0.5, 0.6) is 11.5 Å². The molecule has 3 aliphatic rings. The van der Waals surface area contributed by atoms with E-state index >= 15 is 4.39 Å². The van der Waals surface area contributed by atoms with Gasteiger partial charge in [0.15, 0.2) is 0 Å². The molecule has 204 valence electrons. The van der Waals surface area contributed by atoms with E-state index < -0.39 is 5.97 Å². The number of carbonyl (C=O) groups is 1. The zero-order chi connectivity index (χ0) is 27.4.